The molecule has 29 heavy (non-hydrogen) atoms. The molecule has 0 spiro atoms. The molecule has 7 heteroatoms. The summed E-state index contributed by atoms with van der Waals surface area (Å²) in [5.74, 6) is 1.41. The van der Waals surface area contributed by atoms with E-state index in [0.717, 1.165) is 44.2 Å². The molecule has 1 aliphatic carbocycles. The molecular formula is C22H29N3O4. The summed E-state index contributed by atoms with van der Waals surface area (Å²) in [6.07, 6.45) is 5.46. The van der Waals surface area contributed by atoms with Crippen molar-refractivity contribution in [2.45, 2.75) is 12.8 Å². The first-order valence-corrected chi connectivity index (χ1v) is 10.4. The van der Waals surface area contributed by atoms with Crippen LogP contribution in [0, 0.1) is 11.8 Å². The Balaban J connectivity index is 1.19. The average molecular weight is 399 g/mol. The van der Waals surface area contributed by atoms with Crippen LogP contribution in [0.25, 0.3) is 0 Å². The third-order valence-electron chi connectivity index (χ3n) is 6.14. The van der Waals surface area contributed by atoms with Crippen molar-refractivity contribution in [2.24, 2.45) is 11.8 Å². The third-order valence-corrected chi connectivity index (χ3v) is 6.14. The van der Waals surface area contributed by atoms with Crippen LogP contribution in [-0.4, -0.2) is 79.6 Å². The molecule has 2 fully saturated rings. The lowest BCUT2D eigenvalue weighted by atomic mass is 9.85. The van der Waals surface area contributed by atoms with E-state index in [2.05, 4.69) is 9.80 Å². The summed E-state index contributed by atoms with van der Waals surface area (Å²) in [6.45, 7) is 5.46. The Morgan fingerprint density at radius 1 is 0.862 bits per heavy atom. The topological polar surface area (TPSA) is 62.3 Å². The maximum atomic E-state index is 12.6. The van der Waals surface area contributed by atoms with Crippen LogP contribution in [-0.2, 0) is 9.59 Å². The number of benzene rings is 1. The molecule has 0 N–H and O–H groups in total. The number of piperazine rings is 1. The number of imide groups is 1. The zero-order valence-electron chi connectivity index (χ0n) is 17.0. The predicted octanol–water partition coefficient (Wildman–Crippen LogP) is 1.60. The molecule has 0 radical (unpaired) electrons. The number of carbonyl (C=O) groups is 2. The summed E-state index contributed by atoms with van der Waals surface area (Å²) in [6, 6.07) is 7.60. The van der Waals surface area contributed by atoms with E-state index in [1.165, 1.54) is 4.90 Å². The number of hydrogen-bond acceptors (Lipinski definition) is 6. The van der Waals surface area contributed by atoms with Gasteiger partial charge in [-0.25, -0.2) is 0 Å². The number of hydrogen-bond donors (Lipinski definition) is 0. The Labute approximate surface area is 171 Å². The fourth-order valence-electron chi connectivity index (χ4n) is 4.33. The summed E-state index contributed by atoms with van der Waals surface area (Å²) >= 11 is 0. The zero-order valence-corrected chi connectivity index (χ0v) is 17.0. The van der Waals surface area contributed by atoms with E-state index in [1.54, 1.807) is 7.11 Å². The van der Waals surface area contributed by atoms with Crippen LogP contribution < -0.4 is 9.47 Å². The summed E-state index contributed by atoms with van der Waals surface area (Å²) in [5, 5.41) is 0. The largest absolute Gasteiger partial charge is 0.497 e. The third kappa shape index (κ3) is 4.46. The Kier molecular flexibility index (Phi) is 6.16. The van der Waals surface area contributed by atoms with Gasteiger partial charge in [0, 0.05) is 32.7 Å². The highest BCUT2D eigenvalue weighted by Gasteiger charge is 2.47. The van der Waals surface area contributed by atoms with Crippen LogP contribution in [0.3, 0.4) is 0 Å². The minimum Gasteiger partial charge on any atom is -0.497 e. The number of amides is 2. The maximum absolute atomic E-state index is 12.6. The van der Waals surface area contributed by atoms with Gasteiger partial charge in [-0.2, -0.15) is 0 Å². The van der Waals surface area contributed by atoms with Gasteiger partial charge in [0.25, 0.3) is 0 Å². The van der Waals surface area contributed by atoms with E-state index in [9.17, 15) is 9.59 Å². The fraction of sp³-hybridized carbons (Fsp3) is 0.545. The molecule has 2 saturated heterocycles. The first kappa shape index (κ1) is 19.9. The Hall–Kier alpha value is -2.38. The molecule has 1 aromatic carbocycles. The predicted molar refractivity (Wildman–Crippen MR) is 109 cm³/mol. The number of nitrogens with zero attached hydrogens (tertiary/aromatic N) is 3. The quantitative estimate of drug-likeness (QED) is 0.513. The molecule has 2 amide bonds. The highest BCUT2D eigenvalue weighted by atomic mass is 16.5. The molecule has 4 rings (SSSR count). The van der Waals surface area contributed by atoms with Crippen LogP contribution in [0.4, 0.5) is 0 Å². The van der Waals surface area contributed by atoms with Gasteiger partial charge >= 0.3 is 0 Å². The molecule has 0 aromatic heterocycles. The van der Waals surface area contributed by atoms with E-state index >= 15 is 0 Å². The number of methoxy groups -OCH3 is 1. The Morgan fingerprint density at radius 3 is 2.00 bits per heavy atom. The molecule has 7 nitrogen and oxygen atoms in total. The zero-order chi connectivity index (χ0) is 20.2. The minimum atomic E-state index is -0.135. The van der Waals surface area contributed by atoms with Gasteiger partial charge in [-0.3, -0.25) is 24.3 Å². The molecule has 2 atom stereocenters. The smallest absolute Gasteiger partial charge is 0.234 e. The van der Waals surface area contributed by atoms with Crippen molar-refractivity contribution < 1.29 is 19.1 Å². The molecular weight excluding hydrogens is 370 g/mol. The van der Waals surface area contributed by atoms with Gasteiger partial charge in [-0.1, -0.05) is 12.2 Å². The second-order valence-electron chi connectivity index (χ2n) is 7.89. The van der Waals surface area contributed by atoms with E-state index in [0.29, 0.717) is 26.1 Å². The highest BCUT2D eigenvalue weighted by molar-refractivity contribution is 6.05. The maximum Gasteiger partial charge on any atom is 0.234 e. The van der Waals surface area contributed by atoms with Crippen molar-refractivity contribution in [3.05, 3.63) is 36.4 Å². The average Bonchev–Trinajstić information content (AvgIpc) is 3.00. The monoisotopic (exact) mass is 399 g/mol. The van der Waals surface area contributed by atoms with Gasteiger partial charge in [0.1, 0.15) is 18.1 Å². The first-order chi connectivity index (χ1) is 14.2. The van der Waals surface area contributed by atoms with Gasteiger partial charge in [0.05, 0.1) is 25.6 Å². The van der Waals surface area contributed by atoms with Gasteiger partial charge in [0.15, 0.2) is 0 Å². The van der Waals surface area contributed by atoms with Crippen molar-refractivity contribution >= 4 is 11.8 Å². The lowest BCUT2D eigenvalue weighted by Crippen LogP contribution is -2.51. The highest BCUT2D eigenvalue weighted by Crippen LogP contribution is 2.35. The van der Waals surface area contributed by atoms with Crippen LogP contribution in [0.2, 0.25) is 0 Å². The molecule has 156 valence electrons. The SMILES string of the molecule is COc1ccc(OCCN2CCN(CN3C(=O)[C@@H]4CC=CC[C@H]4C3=O)CC2)cc1. The van der Waals surface area contributed by atoms with Crippen LogP contribution >= 0.6 is 0 Å². The molecule has 2 heterocycles. The van der Waals surface area contributed by atoms with Gasteiger partial charge in [0.2, 0.25) is 11.8 Å². The van der Waals surface area contributed by atoms with E-state index < -0.39 is 0 Å². The summed E-state index contributed by atoms with van der Waals surface area (Å²) in [5.41, 5.74) is 0. The molecule has 1 aromatic rings. The Bertz CT molecular complexity index is 730. The van der Waals surface area contributed by atoms with Gasteiger partial charge in [-0.15, -0.1) is 0 Å². The number of carbonyl (C=O) groups excluding carboxylic acids is 2. The lowest BCUT2D eigenvalue weighted by Gasteiger charge is -2.36. The lowest BCUT2D eigenvalue weighted by molar-refractivity contribution is -0.142. The molecule has 3 aliphatic rings. The summed E-state index contributed by atoms with van der Waals surface area (Å²) in [7, 11) is 1.65. The first-order valence-electron chi connectivity index (χ1n) is 10.4. The Morgan fingerprint density at radius 2 is 1.41 bits per heavy atom. The molecule has 0 unspecified atom stereocenters. The number of ether oxygens (including phenoxy) is 2. The van der Waals surface area contributed by atoms with Gasteiger partial charge in [-0.05, 0) is 37.1 Å². The fourth-order valence-corrected chi connectivity index (χ4v) is 4.33. The second kappa shape index (κ2) is 8.97. The van der Waals surface area contributed by atoms with Crippen molar-refractivity contribution in [2.75, 3.05) is 53.1 Å². The minimum absolute atomic E-state index is 0.0136. The van der Waals surface area contributed by atoms with Crippen molar-refractivity contribution in [3.63, 3.8) is 0 Å². The molecule has 0 bridgehead atoms. The van der Waals surface area contributed by atoms with Crippen molar-refractivity contribution in [1.29, 1.82) is 0 Å². The number of rotatable bonds is 7. The number of likely N-dealkylation sites (tertiary alicyclic amines) is 1. The second-order valence-corrected chi connectivity index (χ2v) is 7.89. The van der Waals surface area contributed by atoms with E-state index in [4.69, 9.17) is 9.47 Å². The molecule has 0 saturated carbocycles. The van der Waals surface area contributed by atoms with Crippen molar-refractivity contribution in [1.82, 2.24) is 14.7 Å². The van der Waals surface area contributed by atoms with E-state index in [-0.39, 0.29) is 23.7 Å². The number of fused-ring (bicyclic) bond motifs is 1. The summed E-state index contributed by atoms with van der Waals surface area (Å²) < 4.78 is 11.0. The molecule has 2 aliphatic heterocycles. The van der Waals surface area contributed by atoms with Gasteiger partial charge < -0.3 is 9.47 Å². The normalized spacial score (nSPS) is 25.3. The van der Waals surface area contributed by atoms with Crippen molar-refractivity contribution in [3.8, 4) is 11.5 Å². The van der Waals surface area contributed by atoms with Crippen LogP contribution in [0.15, 0.2) is 36.4 Å². The number of allylic oxidation sites excluding steroid dienone is 2. The van der Waals surface area contributed by atoms with Crippen LogP contribution in [0.1, 0.15) is 12.8 Å². The van der Waals surface area contributed by atoms with E-state index in [1.807, 2.05) is 36.4 Å². The van der Waals surface area contributed by atoms with Crippen LogP contribution in [0.5, 0.6) is 11.5 Å². The standard InChI is InChI=1S/C22H29N3O4/c1-28-17-6-8-18(9-7-17)29-15-14-23-10-12-24(13-11-23)16-25-21(26)19-4-2-3-5-20(19)22(25)27/h2-3,6-9,19-20H,4-5,10-16H2,1H3/t19-,20-/m1/s1. The summed E-state index contributed by atoms with van der Waals surface area (Å²) in [4.78, 5) is 31.3.